The van der Waals surface area contributed by atoms with Crippen LogP contribution in [0.4, 0.5) is 4.79 Å². The van der Waals surface area contributed by atoms with Gasteiger partial charge in [-0.3, -0.25) is 4.68 Å². The van der Waals surface area contributed by atoms with E-state index in [1.54, 1.807) is 18.9 Å². The second kappa shape index (κ2) is 8.68. The number of carbonyl (C=O) groups excluding carboxylic acids is 1. The quantitative estimate of drug-likeness (QED) is 0.646. The van der Waals surface area contributed by atoms with Crippen LogP contribution in [0.3, 0.4) is 0 Å². The summed E-state index contributed by atoms with van der Waals surface area (Å²) in [5.41, 5.74) is 0.374. The van der Waals surface area contributed by atoms with Gasteiger partial charge in [0.2, 0.25) is 10.0 Å². The number of nitrogens with zero attached hydrogens (tertiary/aromatic N) is 4. The molecule has 2 aromatic rings. The van der Waals surface area contributed by atoms with Gasteiger partial charge in [0.1, 0.15) is 22.4 Å². The highest BCUT2D eigenvalue weighted by atomic mass is 35.5. The molecule has 2 fully saturated rings. The van der Waals surface area contributed by atoms with Crippen molar-refractivity contribution in [1.82, 2.24) is 19.0 Å². The van der Waals surface area contributed by atoms with Crippen LogP contribution in [-0.4, -0.2) is 71.9 Å². The maximum absolute atomic E-state index is 13.1. The molecule has 2 saturated heterocycles. The average Bonchev–Trinajstić information content (AvgIpc) is 3.25. The molecule has 31 heavy (non-hydrogen) atoms. The van der Waals surface area contributed by atoms with Gasteiger partial charge >= 0.3 is 6.09 Å². The third kappa shape index (κ3) is 4.37. The van der Waals surface area contributed by atoms with Crippen molar-refractivity contribution in [1.29, 1.82) is 0 Å². The molecule has 0 saturated carbocycles. The number of amides is 1. The van der Waals surface area contributed by atoms with Crippen molar-refractivity contribution >= 4 is 27.7 Å². The van der Waals surface area contributed by atoms with Crippen molar-refractivity contribution in [2.24, 2.45) is 7.05 Å². The number of aryl methyl sites for hydroxylation is 2. The lowest BCUT2D eigenvalue weighted by molar-refractivity contribution is 0.0999. The molecule has 1 aromatic heterocycles. The molecule has 0 N–H and O–H groups in total. The van der Waals surface area contributed by atoms with E-state index in [2.05, 4.69) is 5.10 Å². The van der Waals surface area contributed by atoms with Gasteiger partial charge in [0.25, 0.3) is 0 Å². The Balaban J connectivity index is 1.35. The highest BCUT2D eigenvalue weighted by molar-refractivity contribution is 7.89. The number of halogens is 1. The van der Waals surface area contributed by atoms with Gasteiger partial charge in [-0.2, -0.15) is 9.40 Å². The van der Waals surface area contributed by atoms with E-state index in [-0.39, 0.29) is 34.9 Å². The molecule has 0 spiro atoms. The van der Waals surface area contributed by atoms with Crippen LogP contribution in [0, 0.1) is 6.92 Å². The van der Waals surface area contributed by atoms with E-state index in [1.807, 2.05) is 30.3 Å². The largest absolute Gasteiger partial charge is 0.490 e. The first-order valence-electron chi connectivity index (χ1n) is 10.1. The van der Waals surface area contributed by atoms with Gasteiger partial charge in [-0.25, -0.2) is 13.2 Å². The first-order valence-corrected chi connectivity index (χ1v) is 11.9. The summed E-state index contributed by atoms with van der Waals surface area (Å²) in [4.78, 5) is 14.1. The molecule has 168 valence electrons. The van der Waals surface area contributed by atoms with Crippen molar-refractivity contribution in [2.45, 2.75) is 36.8 Å². The molecule has 1 amide bonds. The van der Waals surface area contributed by atoms with Gasteiger partial charge in [-0.1, -0.05) is 29.8 Å². The predicted molar refractivity (Wildman–Crippen MR) is 114 cm³/mol. The maximum Gasteiger partial charge on any atom is 0.410 e. The van der Waals surface area contributed by atoms with Gasteiger partial charge in [-0.05, 0) is 31.9 Å². The molecule has 4 rings (SSSR count). The van der Waals surface area contributed by atoms with Gasteiger partial charge in [-0.15, -0.1) is 0 Å². The molecule has 1 aromatic carbocycles. The fraction of sp³-hybridized carbons (Fsp3) is 0.500. The zero-order valence-corrected chi connectivity index (χ0v) is 19.0. The van der Waals surface area contributed by atoms with Crippen molar-refractivity contribution in [2.75, 3.05) is 26.2 Å². The number of para-hydroxylation sites is 1. The van der Waals surface area contributed by atoms with Crippen LogP contribution in [-0.2, 0) is 21.8 Å². The third-order valence-electron chi connectivity index (χ3n) is 5.64. The monoisotopic (exact) mass is 468 g/mol. The number of sulfonamides is 1. The standard InChI is InChI=1S/C20H25ClN4O5S/c1-14-18(19(21)23(2)22-14)31(27,28)24-10-8-15(9-11-24)25-12-17(30-20(25)26)13-29-16-6-4-3-5-7-16/h3-7,15,17H,8-13H2,1-2H3. The minimum Gasteiger partial charge on any atom is -0.490 e. The first-order chi connectivity index (χ1) is 14.8. The zero-order chi connectivity index (χ0) is 22.2. The molecular weight excluding hydrogens is 444 g/mol. The molecule has 9 nitrogen and oxygen atoms in total. The summed E-state index contributed by atoms with van der Waals surface area (Å²) in [6.45, 7) is 2.93. The minimum absolute atomic E-state index is 0.0498. The van der Waals surface area contributed by atoms with Crippen LogP contribution in [0.5, 0.6) is 5.75 Å². The van der Waals surface area contributed by atoms with Crippen molar-refractivity contribution < 1.29 is 22.7 Å². The van der Waals surface area contributed by atoms with E-state index in [4.69, 9.17) is 21.1 Å². The lowest BCUT2D eigenvalue weighted by Crippen LogP contribution is -2.47. The normalized spacial score (nSPS) is 20.8. The smallest absolute Gasteiger partial charge is 0.410 e. The minimum atomic E-state index is -3.75. The van der Waals surface area contributed by atoms with Gasteiger partial charge < -0.3 is 14.4 Å². The second-order valence-electron chi connectivity index (χ2n) is 7.75. The lowest BCUT2D eigenvalue weighted by Gasteiger charge is -2.34. The Morgan fingerprint density at radius 2 is 1.90 bits per heavy atom. The fourth-order valence-electron chi connectivity index (χ4n) is 4.06. The molecular formula is C20H25ClN4O5S. The van der Waals surface area contributed by atoms with Crippen LogP contribution in [0.2, 0.25) is 5.15 Å². The number of ether oxygens (including phenoxy) is 2. The van der Waals surface area contributed by atoms with E-state index in [0.29, 0.717) is 38.2 Å². The summed E-state index contributed by atoms with van der Waals surface area (Å²) >= 11 is 6.17. The van der Waals surface area contributed by atoms with Crippen LogP contribution in [0.1, 0.15) is 18.5 Å². The molecule has 0 radical (unpaired) electrons. The van der Waals surface area contributed by atoms with Crippen molar-refractivity contribution in [3.05, 3.63) is 41.2 Å². The number of hydrogen-bond donors (Lipinski definition) is 0. The highest BCUT2D eigenvalue weighted by Gasteiger charge is 2.40. The van der Waals surface area contributed by atoms with E-state index in [1.165, 1.54) is 8.99 Å². The summed E-state index contributed by atoms with van der Waals surface area (Å²) in [5.74, 6) is 0.722. The zero-order valence-electron chi connectivity index (χ0n) is 17.4. The topological polar surface area (TPSA) is 94.0 Å². The number of hydrogen-bond acceptors (Lipinski definition) is 6. The Labute approximate surface area is 186 Å². The molecule has 1 atom stereocenters. The molecule has 1 unspecified atom stereocenters. The van der Waals surface area contributed by atoms with Crippen molar-refractivity contribution in [3.8, 4) is 5.75 Å². The molecule has 0 aliphatic carbocycles. The summed E-state index contributed by atoms with van der Waals surface area (Å²) in [6, 6.07) is 9.28. The van der Waals surface area contributed by atoms with E-state index >= 15 is 0 Å². The summed E-state index contributed by atoms with van der Waals surface area (Å²) < 4.78 is 40.1. The average molecular weight is 469 g/mol. The maximum atomic E-state index is 13.1. The molecule has 2 aliphatic rings. The van der Waals surface area contributed by atoms with Gasteiger partial charge in [0, 0.05) is 26.2 Å². The molecule has 0 bridgehead atoms. The number of aromatic nitrogens is 2. The van der Waals surface area contributed by atoms with Crippen molar-refractivity contribution in [3.63, 3.8) is 0 Å². The Morgan fingerprint density at radius 3 is 2.52 bits per heavy atom. The molecule has 11 heteroatoms. The number of benzene rings is 1. The number of rotatable bonds is 6. The van der Waals surface area contributed by atoms with Gasteiger partial charge in [0.15, 0.2) is 6.10 Å². The highest BCUT2D eigenvalue weighted by Crippen LogP contribution is 2.31. The third-order valence-corrected chi connectivity index (χ3v) is 8.24. The number of cyclic esters (lactones) is 1. The Hall–Kier alpha value is -2.30. The predicted octanol–water partition coefficient (Wildman–Crippen LogP) is 2.43. The molecule has 2 aliphatic heterocycles. The van der Waals surface area contributed by atoms with Crippen LogP contribution in [0.25, 0.3) is 0 Å². The Kier molecular flexibility index (Phi) is 6.14. The van der Waals surface area contributed by atoms with Gasteiger partial charge in [0.05, 0.1) is 12.2 Å². The summed E-state index contributed by atoms with van der Waals surface area (Å²) in [5, 5.41) is 4.21. The SMILES string of the molecule is Cc1nn(C)c(Cl)c1S(=O)(=O)N1CCC(N2CC(COc3ccccc3)OC2=O)CC1. The number of carbonyl (C=O) groups is 1. The Bertz CT molecular complexity index is 1050. The molecule has 3 heterocycles. The lowest BCUT2D eigenvalue weighted by atomic mass is 10.1. The van der Waals surface area contributed by atoms with E-state index in [0.717, 1.165) is 5.75 Å². The summed E-state index contributed by atoms with van der Waals surface area (Å²) in [6.07, 6.45) is 0.315. The van der Waals surface area contributed by atoms with Crippen LogP contribution < -0.4 is 4.74 Å². The number of piperidine rings is 1. The summed E-state index contributed by atoms with van der Waals surface area (Å²) in [7, 11) is -2.14. The fourth-order valence-corrected chi connectivity index (χ4v) is 6.24. The van der Waals surface area contributed by atoms with E-state index in [9.17, 15) is 13.2 Å². The Morgan fingerprint density at radius 1 is 1.23 bits per heavy atom. The first kappa shape index (κ1) is 21.9. The van der Waals surface area contributed by atoms with Crippen LogP contribution in [0.15, 0.2) is 35.2 Å². The second-order valence-corrected chi connectivity index (χ2v) is 9.98. The van der Waals surface area contributed by atoms with Crippen LogP contribution >= 0.6 is 11.6 Å². The van der Waals surface area contributed by atoms with E-state index < -0.39 is 10.0 Å².